The van der Waals surface area contributed by atoms with Crippen LogP contribution in [0.3, 0.4) is 0 Å². The predicted molar refractivity (Wildman–Crippen MR) is 92.1 cm³/mol. The molecule has 5 nitrogen and oxygen atoms in total. The smallest absolute Gasteiger partial charge is 0.205 e. The number of thiazole rings is 1. The maximum atomic E-state index is 5.41. The molecule has 2 heterocycles. The van der Waals surface area contributed by atoms with Crippen molar-refractivity contribution < 1.29 is 9.15 Å². The second-order valence-electron chi connectivity index (χ2n) is 4.83. The van der Waals surface area contributed by atoms with E-state index in [1.54, 1.807) is 31.8 Å². The van der Waals surface area contributed by atoms with Crippen LogP contribution in [0, 0.1) is 0 Å². The van der Waals surface area contributed by atoms with E-state index in [0.29, 0.717) is 0 Å². The second-order valence-corrected chi connectivity index (χ2v) is 5.67. The fourth-order valence-corrected chi connectivity index (χ4v) is 2.99. The normalized spacial score (nSPS) is 12.7. The van der Waals surface area contributed by atoms with Crippen LogP contribution in [0.25, 0.3) is 11.3 Å². The zero-order chi connectivity index (χ0) is 16.2. The van der Waals surface area contributed by atoms with Gasteiger partial charge in [-0.1, -0.05) is 0 Å². The Morgan fingerprint density at radius 2 is 2.00 bits per heavy atom. The van der Waals surface area contributed by atoms with Crippen molar-refractivity contribution in [1.29, 1.82) is 0 Å². The minimum atomic E-state index is 0.742. The summed E-state index contributed by atoms with van der Waals surface area (Å²) in [7, 11) is 3.42. The molecular formula is C17H17N3O2S. The van der Waals surface area contributed by atoms with Gasteiger partial charge in [0.25, 0.3) is 0 Å². The van der Waals surface area contributed by atoms with Crippen LogP contribution in [0.4, 0.5) is 0 Å². The molecule has 0 radical (unpaired) electrons. The predicted octanol–water partition coefficient (Wildman–Crippen LogP) is 3.62. The van der Waals surface area contributed by atoms with Gasteiger partial charge < -0.3 is 9.15 Å². The molecule has 0 fully saturated rings. The number of ether oxygens (including phenoxy) is 1. The number of benzene rings is 1. The standard InChI is InChI=1S/C17H17N3O2S/c1-12(16-5-4-10-22-16)19-20-15(11-23-17(20)18-2)13-6-8-14(21-3)9-7-13/h4-11H,1-3H3. The highest BCUT2D eigenvalue weighted by atomic mass is 32.1. The van der Waals surface area contributed by atoms with Crippen LogP contribution in [-0.4, -0.2) is 24.5 Å². The second kappa shape index (κ2) is 6.66. The molecule has 2 aromatic heterocycles. The molecule has 0 aliphatic carbocycles. The minimum Gasteiger partial charge on any atom is -0.497 e. The van der Waals surface area contributed by atoms with Crippen molar-refractivity contribution in [3.05, 3.63) is 58.6 Å². The van der Waals surface area contributed by atoms with Gasteiger partial charge in [-0.05, 0) is 43.3 Å². The van der Waals surface area contributed by atoms with Crippen LogP contribution in [0.5, 0.6) is 5.75 Å². The maximum absolute atomic E-state index is 5.41. The van der Waals surface area contributed by atoms with Crippen LogP contribution >= 0.6 is 11.3 Å². The summed E-state index contributed by atoms with van der Waals surface area (Å²) in [6.45, 7) is 1.92. The van der Waals surface area contributed by atoms with Crippen molar-refractivity contribution in [2.75, 3.05) is 14.2 Å². The van der Waals surface area contributed by atoms with Gasteiger partial charge in [0.05, 0.1) is 19.1 Å². The number of nitrogens with zero attached hydrogens (tertiary/aromatic N) is 3. The monoisotopic (exact) mass is 327 g/mol. The molecule has 0 bridgehead atoms. The molecule has 3 aromatic rings. The highest BCUT2D eigenvalue weighted by molar-refractivity contribution is 7.07. The maximum Gasteiger partial charge on any atom is 0.205 e. The van der Waals surface area contributed by atoms with Gasteiger partial charge in [0.2, 0.25) is 4.80 Å². The van der Waals surface area contributed by atoms with Crippen molar-refractivity contribution in [3.63, 3.8) is 0 Å². The van der Waals surface area contributed by atoms with Gasteiger partial charge in [0.1, 0.15) is 17.2 Å². The van der Waals surface area contributed by atoms with Gasteiger partial charge in [-0.15, -0.1) is 11.3 Å². The Bertz CT molecular complexity index is 871. The number of aromatic nitrogens is 1. The lowest BCUT2D eigenvalue weighted by Gasteiger charge is -2.06. The Balaban J connectivity index is 2.09. The van der Waals surface area contributed by atoms with Crippen LogP contribution in [0.1, 0.15) is 12.7 Å². The first-order chi connectivity index (χ1) is 11.2. The first-order valence-corrected chi connectivity index (χ1v) is 7.98. The van der Waals surface area contributed by atoms with Crippen molar-refractivity contribution in [3.8, 4) is 17.0 Å². The highest BCUT2D eigenvalue weighted by Crippen LogP contribution is 2.23. The third-order valence-corrected chi connectivity index (χ3v) is 4.30. The van der Waals surface area contributed by atoms with E-state index < -0.39 is 0 Å². The quantitative estimate of drug-likeness (QED) is 0.687. The van der Waals surface area contributed by atoms with Gasteiger partial charge in [-0.2, -0.15) is 5.10 Å². The lowest BCUT2D eigenvalue weighted by Crippen LogP contribution is -2.13. The van der Waals surface area contributed by atoms with E-state index in [4.69, 9.17) is 9.15 Å². The molecule has 0 unspecified atom stereocenters. The number of hydrogen-bond acceptors (Lipinski definition) is 5. The van der Waals surface area contributed by atoms with Gasteiger partial charge in [0, 0.05) is 18.0 Å². The van der Waals surface area contributed by atoms with Gasteiger partial charge in [0.15, 0.2) is 0 Å². The molecule has 6 heteroatoms. The van der Waals surface area contributed by atoms with Crippen LogP contribution in [0.2, 0.25) is 0 Å². The Morgan fingerprint density at radius 3 is 2.61 bits per heavy atom. The largest absolute Gasteiger partial charge is 0.497 e. The Kier molecular flexibility index (Phi) is 4.43. The molecule has 0 saturated carbocycles. The molecule has 0 amide bonds. The topological polar surface area (TPSA) is 52.0 Å². The molecule has 1 aromatic carbocycles. The summed E-state index contributed by atoms with van der Waals surface area (Å²) in [6.07, 6.45) is 1.64. The molecular weight excluding hydrogens is 310 g/mol. The fraction of sp³-hybridized carbons (Fsp3) is 0.176. The molecule has 0 N–H and O–H groups in total. The summed E-state index contributed by atoms with van der Waals surface area (Å²) in [5.41, 5.74) is 2.81. The molecule has 23 heavy (non-hydrogen) atoms. The summed E-state index contributed by atoms with van der Waals surface area (Å²) in [6, 6.07) is 11.6. The Labute approximate surface area is 138 Å². The highest BCUT2D eigenvalue weighted by Gasteiger charge is 2.09. The van der Waals surface area contributed by atoms with E-state index >= 15 is 0 Å². The number of furan rings is 1. The van der Waals surface area contributed by atoms with Crippen molar-refractivity contribution in [1.82, 2.24) is 4.68 Å². The van der Waals surface area contributed by atoms with E-state index in [1.807, 2.05) is 53.4 Å². The molecule has 3 rings (SSSR count). The summed E-state index contributed by atoms with van der Waals surface area (Å²) in [5.74, 6) is 1.57. The average Bonchev–Trinajstić information content (AvgIpc) is 3.24. The summed E-state index contributed by atoms with van der Waals surface area (Å²) in [5, 5.41) is 6.72. The van der Waals surface area contributed by atoms with Gasteiger partial charge in [-0.3, -0.25) is 4.99 Å². The SMILES string of the molecule is CN=c1scc(-c2ccc(OC)cc2)n1N=C(C)c1ccco1. The van der Waals surface area contributed by atoms with Gasteiger partial charge >= 0.3 is 0 Å². The molecule has 0 spiro atoms. The third-order valence-electron chi connectivity index (χ3n) is 3.39. The van der Waals surface area contributed by atoms with Crippen molar-refractivity contribution in [2.45, 2.75) is 6.92 Å². The molecule has 0 saturated heterocycles. The molecule has 0 atom stereocenters. The Hall–Kier alpha value is -2.60. The first kappa shape index (κ1) is 15.3. The van der Waals surface area contributed by atoms with E-state index in [-0.39, 0.29) is 0 Å². The number of rotatable bonds is 4. The molecule has 118 valence electrons. The van der Waals surface area contributed by atoms with E-state index in [2.05, 4.69) is 10.1 Å². The van der Waals surface area contributed by atoms with Gasteiger partial charge in [-0.25, -0.2) is 4.68 Å². The molecule has 0 aliphatic rings. The lowest BCUT2D eigenvalue weighted by atomic mass is 10.2. The first-order valence-electron chi connectivity index (χ1n) is 7.10. The van der Waals surface area contributed by atoms with Crippen LogP contribution < -0.4 is 9.54 Å². The lowest BCUT2D eigenvalue weighted by molar-refractivity contribution is 0.415. The fourth-order valence-electron chi connectivity index (χ4n) is 2.19. The van der Waals surface area contributed by atoms with E-state index in [0.717, 1.165) is 33.3 Å². The average molecular weight is 327 g/mol. The van der Waals surface area contributed by atoms with Crippen molar-refractivity contribution >= 4 is 17.0 Å². The summed E-state index contributed by atoms with van der Waals surface area (Å²) < 4.78 is 12.5. The molecule has 0 aliphatic heterocycles. The van der Waals surface area contributed by atoms with E-state index in [9.17, 15) is 0 Å². The number of methoxy groups -OCH3 is 1. The van der Waals surface area contributed by atoms with E-state index in [1.165, 1.54) is 0 Å². The third kappa shape index (κ3) is 3.12. The van der Waals surface area contributed by atoms with Crippen molar-refractivity contribution in [2.24, 2.45) is 10.1 Å². The Morgan fingerprint density at radius 1 is 1.22 bits per heavy atom. The minimum absolute atomic E-state index is 0.742. The van der Waals surface area contributed by atoms with Crippen LogP contribution in [-0.2, 0) is 0 Å². The zero-order valence-electron chi connectivity index (χ0n) is 13.2. The van der Waals surface area contributed by atoms with Crippen LogP contribution in [0.15, 0.2) is 62.6 Å². The number of hydrogen-bond donors (Lipinski definition) is 0. The summed E-state index contributed by atoms with van der Waals surface area (Å²) >= 11 is 1.55. The zero-order valence-corrected chi connectivity index (χ0v) is 14.0. The summed E-state index contributed by atoms with van der Waals surface area (Å²) in [4.78, 5) is 5.12.